The summed E-state index contributed by atoms with van der Waals surface area (Å²) in [5.41, 5.74) is 3.73. The molecule has 102 valence electrons. The summed E-state index contributed by atoms with van der Waals surface area (Å²) < 4.78 is 0. The Morgan fingerprint density at radius 2 is 2.05 bits per heavy atom. The molecule has 1 heterocycles. The minimum absolute atomic E-state index is 0.0290. The molecule has 0 saturated heterocycles. The molecule has 2 N–H and O–H groups in total. The lowest BCUT2D eigenvalue weighted by Gasteiger charge is -2.14. The number of hydrogen-bond donors (Lipinski definition) is 2. The third kappa shape index (κ3) is 2.25. The molecule has 1 atom stereocenters. The maximum atomic E-state index is 12.5. The van der Waals surface area contributed by atoms with Crippen LogP contribution >= 0.6 is 11.6 Å². The van der Waals surface area contributed by atoms with Crippen LogP contribution in [-0.4, -0.2) is 12.5 Å². The maximum Gasteiger partial charge on any atom is 0.233 e. The molecule has 0 aliphatic carbocycles. The predicted molar refractivity (Wildman–Crippen MR) is 82.5 cm³/mol. The van der Waals surface area contributed by atoms with Crippen LogP contribution in [0.3, 0.4) is 0 Å². The Labute approximate surface area is 123 Å². The predicted octanol–water partition coefficient (Wildman–Crippen LogP) is 3.80. The molecule has 3 rings (SSSR count). The van der Waals surface area contributed by atoms with E-state index in [9.17, 15) is 4.79 Å². The number of fused-ring (bicyclic) bond motifs is 1. The molecule has 0 bridgehead atoms. The number of rotatable bonds is 2. The van der Waals surface area contributed by atoms with E-state index < -0.39 is 0 Å². The molecule has 0 fully saturated rings. The van der Waals surface area contributed by atoms with Crippen molar-refractivity contribution in [1.82, 2.24) is 0 Å². The first-order valence-corrected chi connectivity index (χ1v) is 6.93. The highest BCUT2D eigenvalue weighted by atomic mass is 35.5. The van der Waals surface area contributed by atoms with E-state index in [1.165, 1.54) is 0 Å². The van der Waals surface area contributed by atoms with Gasteiger partial charge in [0.05, 0.1) is 16.6 Å². The van der Waals surface area contributed by atoms with Crippen molar-refractivity contribution in [2.75, 3.05) is 17.2 Å². The Hall–Kier alpha value is -2.00. The second-order valence-electron chi connectivity index (χ2n) is 4.94. The summed E-state index contributed by atoms with van der Waals surface area (Å²) in [5.74, 6) is -0.208. The van der Waals surface area contributed by atoms with Crippen LogP contribution in [-0.2, 0) is 4.79 Å². The first-order chi connectivity index (χ1) is 9.66. The van der Waals surface area contributed by atoms with Gasteiger partial charge in [-0.25, -0.2) is 0 Å². The summed E-state index contributed by atoms with van der Waals surface area (Å²) in [5, 5.41) is 6.77. The Morgan fingerprint density at radius 1 is 1.25 bits per heavy atom. The van der Waals surface area contributed by atoms with Crippen molar-refractivity contribution in [1.29, 1.82) is 0 Å². The molecule has 1 unspecified atom stereocenters. The van der Waals surface area contributed by atoms with E-state index in [1.807, 2.05) is 43.3 Å². The van der Waals surface area contributed by atoms with E-state index in [0.29, 0.717) is 17.3 Å². The fourth-order valence-corrected chi connectivity index (χ4v) is 2.79. The van der Waals surface area contributed by atoms with Gasteiger partial charge in [0.15, 0.2) is 0 Å². The number of halogens is 1. The van der Waals surface area contributed by atoms with Crippen molar-refractivity contribution in [3.8, 4) is 0 Å². The fraction of sp³-hybridized carbons (Fsp3) is 0.188. The fourth-order valence-electron chi connectivity index (χ4n) is 2.52. The molecule has 0 saturated carbocycles. The maximum absolute atomic E-state index is 12.5. The lowest BCUT2D eigenvalue weighted by atomic mass is 10.0. The summed E-state index contributed by atoms with van der Waals surface area (Å²) in [6.07, 6.45) is 0. The monoisotopic (exact) mass is 286 g/mol. The van der Waals surface area contributed by atoms with E-state index in [2.05, 4.69) is 10.6 Å². The third-order valence-electron chi connectivity index (χ3n) is 3.62. The van der Waals surface area contributed by atoms with E-state index in [4.69, 9.17) is 11.6 Å². The molecule has 1 aliphatic heterocycles. The third-order valence-corrected chi connectivity index (χ3v) is 3.93. The van der Waals surface area contributed by atoms with Gasteiger partial charge < -0.3 is 10.6 Å². The number of amides is 1. The first-order valence-electron chi connectivity index (χ1n) is 6.55. The molecule has 2 aromatic rings. The quantitative estimate of drug-likeness (QED) is 0.882. The van der Waals surface area contributed by atoms with E-state index >= 15 is 0 Å². The molecule has 2 aromatic carbocycles. The van der Waals surface area contributed by atoms with Gasteiger partial charge in [-0.15, -0.1) is 0 Å². The zero-order valence-corrected chi connectivity index (χ0v) is 11.9. The number of carbonyl (C=O) groups excluding carboxylic acids is 1. The highest BCUT2D eigenvalue weighted by Crippen LogP contribution is 2.33. The van der Waals surface area contributed by atoms with Crippen LogP contribution in [0.1, 0.15) is 17.0 Å². The molecular formula is C16H15ClN2O. The van der Waals surface area contributed by atoms with E-state index in [-0.39, 0.29) is 11.8 Å². The van der Waals surface area contributed by atoms with Crippen LogP contribution in [0.25, 0.3) is 0 Å². The number of nitrogens with one attached hydrogen (secondary N) is 2. The summed E-state index contributed by atoms with van der Waals surface area (Å²) in [6.45, 7) is 2.55. The molecule has 1 aliphatic rings. The summed E-state index contributed by atoms with van der Waals surface area (Å²) >= 11 is 6.15. The van der Waals surface area contributed by atoms with Crippen LogP contribution in [0.2, 0.25) is 5.02 Å². The number of anilines is 2. The largest absolute Gasteiger partial charge is 0.384 e. The van der Waals surface area contributed by atoms with Crippen molar-refractivity contribution in [3.63, 3.8) is 0 Å². The van der Waals surface area contributed by atoms with Gasteiger partial charge in [-0.2, -0.15) is 0 Å². The zero-order valence-electron chi connectivity index (χ0n) is 11.1. The molecule has 20 heavy (non-hydrogen) atoms. The van der Waals surface area contributed by atoms with Gasteiger partial charge in [-0.3, -0.25) is 4.79 Å². The molecule has 4 heteroatoms. The average Bonchev–Trinajstić information content (AvgIpc) is 2.87. The zero-order chi connectivity index (χ0) is 14.1. The second kappa shape index (κ2) is 5.17. The summed E-state index contributed by atoms with van der Waals surface area (Å²) in [6, 6.07) is 13.5. The van der Waals surface area contributed by atoms with Crippen LogP contribution in [0.5, 0.6) is 0 Å². The number of aryl methyl sites for hydroxylation is 1. The molecule has 0 aromatic heterocycles. The number of para-hydroxylation sites is 2. The average molecular weight is 287 g/mol. The standard InChI is InChI=1S/C16H15ClN2O/c1-10-5-4-7-13(17)15(10)19-16(20)12-9-18-14-8-3-2-6-11(12)14/h2-8,12,18H,9H2,1H3,(H,19,20). The van der Waals surface area contributed by atoms with Gasteiger partial charge in [0.1, 0.15) is 0 Å². The van der Waals surface area contributed by atoms with Gasteiger partial charge in [0.2, 0.25) is 5.91 Å². The Kier molecular flexibility index (Phi) is 3.36. The lowest BCUT2D eigenvalue weighted by Crippen LogP contribution is -2.23. The van der Waals surface area contributed by atoms with Crippen molar-refractivity contribution < 1.29 is 4.79 Å². The molecule has 0 radical (unpaired) electrons. The minimum atomic E-state index is -0.179. The van der Waals surface area contributed by atoms with Gasteiger partial charge in [0.25, 0.3) is 0 Å². The van der Waals surface area contributed by atoms with Crippen molar-refractivity contribution in [2.45, 2.75) is 12.8 Å². The lowest BCUT2D eigenvalue weighted by molar-refractivity contribution is -0.117. The Bertz CT molecular complexity index is 649. The van der Waals surface area contributed by atoms with Gasteiger partial charge in [-0.1, -0.05) is 41.9 Å². The normalized spacial score (nSPS) is 16.4. The van der Waals surface area contributed by atoms with Gasteiger partial charge >= 0.3 is 0 Å². The van der Waals surface area contributed by atoms with Crippen molar-refractivity contribution >= 4 is 28.9 Å². The highest BCUT2D eigenvalue weighted by Gasteiger charge is 2.28. The SMILES string of the molecule is Cc1cccc(Cl)c1NC(=O)C1CNc2ccccc21. The van der Waals surface area contributed by atoms with E-state index in [1.54, 1.807) is 6.07 Å². The number of carbonyl (C=O) groups is 1. The molecule has 3 nitrogen and oxygen atoms in total. The Morgan fingerprint density at radius 3 is 2.85 bits per heavy atom. The molecule has 1 amide bonds. The van der Waals surface area contributed by atoms with E-state index in [0.717, 1.165) is 16.8 Å². The first kappa shape index (κ1) is 13.0. The summed E-state index contributed by atoms with van der Waals surface area (Å²) in [7, 11) is 0. The van der Waals surface area contributed by atoms with Crippen molar-refractivity contribution in [3.05, 3.63) is 58.6 Å². The van der Waals surface area contributed by atoms with Crippen LogP contribution in [0.15, 0.2) is 42.5 Å². The smallest absolute Gasteiger partial charge is 0.233 e. The Balaban J connectivity index is 1.85. The molecular weight excluding hydrogens is 272 g/mol. The number of benzene rings is 2. The topological polar surface area (TPSA) is 41.1 Å². The second-order valence-corrected chi connectivity index (χ2v) is 5.35. The van der Waals surface area contributed by atoms with Gasteiger partial charge in [0, 0.05) is 12.2 Å². The summed E-state index contributed by atoms with van der Waals surface area (Å²) in [4.78, 5) is 12.5. The highest BCUT2D eigenvalue weighted by molar-refractivity contribution is 6.34. The van der Waals surface area contributed by atoms with Crippen LogP contribution in [0.4, 0.5) is 11.4 Å². The minimum Gasteiger partial charge on any atom is -0.384 e. The van der Waals surface area contributed by atoms with Crippen LogP contribution in [0, 0.1) is 6.92 Å². The van der Waals surface area contributed by atoms with Crippen LogP contribution < -0.4 is 10.6 Å². The van der Waals surface area contributed by atoms with Gasteiger partial charge in [-0.05, 0) is 30.2 Å². The molecule has 0 spiro atoms. The van der Waals surface area contributed by atoms with Crippen molar-refractivity contribution in [2.24, 2.45) is 0 Å². The number of hydrogen-bond acceptors (Lipinski definition) is 2.